The Hall–Kier alpha value is -3.54. The molecule has 0 saturated carbocycles. The van der Waals surface area contributed by atoms with E-state index in [9.17, 15) is 14.7 Å². The summed E-state index contributed by atoms with van der Waals surface area (Å²) in [5.74, 6) is -0.286. The van der Waals surface area contributed by atoms with Gasteiger partial charge in [0, 0.05) is 17.8 Å². The van der Waals surface area contributed by atoms with Crippen molar-refractivity contribution in [2.24, 2.45) is 0 Å². The Morgan fingerprint density at radius 3 is 2.39 bits per heavy atom. The second-order valence-electron chi connectivity index (χ2n) is 6.71. The zero-order valence-corrected chi connectivity index (χ0v) is 15.7. The van der Waals surface area contributed by atoms with Crippen LogP contribution in [0.2, 0.25) is 0 Å². The van der Waals surface area contributed by atoms with Gasteiger partial charge < -0.3 is 20.5 Å². The summed E-state index contributed by atoms with van der Waals surface area (Å²) in [4.78, 5) is 24.8. The molecule has 0 bridgehead atoms. The minimum Gasteiger partial charge on any atom is -0.508 e. The maximum absolute atomic E-state index is 12.8. The quantitative estimate of drug-likeness (QED) is 0.610. The summed E-state index contributed by atoms with van der Waals surface area (Å²) in [6.45, 7) is 3.53. The molecule has 2 amide bonds. The molecule has 3 rings (SSSR count). The number of amides is 2. The fraction of sp³-hybridized carbons (Fsp3) is 0.182. The highest BCUT2D eigenvalue weighted by molar-refractivity contribution is 6.08. The standard InChI is InChI=1S/C22H22N2O4/c1-14(2)23-21(26)13-28-20-11-16-7-4-3-6-15(16)10-19(20)22(27)24-17-8-5-9-18(25)12-17/h3-12,14,25H,13H2,1-2H3,(H,23,26)(H,24,27). The Kier molecular flexibility index (Phi) is 5.79. The molecule has 3 N–H and O–H groups in total. The highest BCUT2D eigenvalue weighted by atomic mass is 16.5. The van der Waals surface area contributed by atoms with E-state index in [4.69, 9.17) is 4.74 Å². The number of carbonyl (C=O) groups excluding carboxylic acids is 2. The number of phenols is 1. The number of carbonyl (C=O) groups is 2. The summed E-state index contributed by atoms with van der Waals surface area (Å²) >= 11 is 0. The largest absolute Gasteiger partial charge is 0.508 e. The van der Waals surface area contributed by atoms with Gasteiger partial charge in [0.2, 0.25) is 0 Å². The van der Waals surface area contributed by atoms with Gasteiger partial charge in [-0.2, -0.15) is 0 Å². The van der Waals surface area contributed by atoms with E-state index in [1.165, 1.54) is 12.1 Å². The second kappa shape index (κ2) is 8.43. The van der Waals surface area contributed by atoms with E-state index in [0.717, 1.165) is 10.8 Å². The number of phenolic OH excluding ortho intramolecular Hbond substituents is 1. The van der Waals surface area contributed by atoms with Gasteiger partial charge in [0.25, 0.3) is 11.8 Å². The number of nitrogens with one attached hydrogen (secondary N) is 2. The van der Waals surface area contributed by atoms with Crippen LogP contribution >= 0.6 is 0 Å². The van der Waals surface area contributed by atoms with Crippen LogP contribution in [0.4, 0.5) is 5.69 Å². The predicted octanol–water partition coefficient (Wildman–Crippen LogP) is 3.70. The molecule has 0 aromatic heterocycles. The van der Waals surface area contributed by atoms with Crippen LogP contribution in [0.1, 0.15) is 24.2 Å². The minimum absolute atomic E-state index is 0.00114. The number of rotatable bonds is 6. The van der Waals surface area contributed by atoms with Crippen LogP contribution in [0, 0.1) is 0 Å². The van der Waals surface area contributed by atoms with Crippen molar-refractivity contribution in [3.05, 3.63) is 66.2 Å². The highest BCUT2D eigenvalue weighted by Crippen LogP contribution is 2.27. The summed E-state index contributed by atoms with van der Waals surface area (Å²) in [6.07, 6.45) is 0. The Bertz CT molecular complexity index is 1010. The van der Waals surface area contributed by atoms with Crippen molar-refractivity contribution in [1.29, 1.82) is 0 Å². The number of aromatic hydroxyl groups is 1. The number of hydrogen-bond acceptors (Lipinski definition) is 4. The third-order valence-corrected chi connectivity index (χ3v) is 4.00. The van der Waals surface area contributed by atoms with Crippen molar-refractivity contribution in [1.82, 2.24) is 5.32 Å². The van der Waals surface area contributed by atoms with E-state index in [2.05, 4.69) is 10.6 Å². The van der Waals surface area contributed by atoms with Crippen LogP contribution in [0.25, 0.3) is 10.8 Å². The molecule has 6 heteroatoms. The maximum atomic E-state index is 12.8. The van der Waals surface area contributed by atoms with E-state index >= 15 is 0 Å². The molecule has 28 heavy (non-hydrogen) atoms. The summed E-state index contributed by atoms with van der Waals surface area (Å²) in [6, 6.07) is 17.3. The Morgan fingerprint density at radius 2 is 1.71 bits per heavy atom. The van der Waals surface area contributed by atoms with Crippen LogP contribution in [-0.4, -0.2) is 29.6 Å². The van der Waals surface area contributed by atoms with Gasteiger partial charge in [-0.25, -0.2) is 0 Å². The highest BCUT2D eigenvalue weighted by Gasteiger charge is 2.16. The molecule has 0 aliphatic carbocycles. The molecule has 0 aliphatic heterocycles. The van der Waals surface area contributed by atoms with Gasteiger partial charge >= 0.3 is 0 Å². The molecule has 0 spiro atoms. The van der Waals surface area contributed by atoms with Gasteiger partial charge in [-0.3, -0.25) is 9.59 Å². The third kappa shape index (κ3) is 4.79. The first-order chi connectivity index (χ1) is 13.4. The molecule has 144 valence electrons. The average molecular weight is 378 g/mol. The Balaban J connectivity index is 1.89. The van der Waals surface area contributed by atoms with Crippen LogP contribution in [0.3, 0.4) is 0 Å². The number of ether oxygens (including phenoxy) is 1. The van der Waals surface area contributed by atoms with E-state index in [1.54, 1.807) is 24.3 Å². The first-order valence-electron chi connectivity index (χ1n) is 8.98. The van der Waals surface area contributed by atoms with Gasteiger partial charge in [-0.15, -0.1) is 0 Å². The van der Waals surface area contributed by atoms with Crippen molar-refractivity contribution >= 4 is 28.3 Å². The molecule has 6 nitrogen and oxygen atoms in total. The normalized spacial score (nSPS) is 10.7. The van der Waals surface area contributed by atoms with E-state index < -0.39 is 5.91 Å². The smallest absolute Gasteiger partial charge is 0.259 e. The third-order valence-electron chi connectivity index (χ3n) is 4.00. The molecule has 0 atom stereocenters. The number of hydrogen-bond donors (Lipinski definition) is 3. The molecule has 0 aliphatic rings. The maximum Gasteiger partial charge on any atom is 0.259 e. The fourth-order valence-corrected chi connectivity index (χ4v) is 2.81. The lowest BCUT2D eigenvalue weighted by atomic mass is 10.1. The minimum atomic E-state index is -0.393. The Labute approximate surface area is 163 Å². The molecule has 0 heterocycles. The lowest BCUT2D eigenvalue weighted by molar-refractivity contribution is -0.123. The molecular weight excluding hydrogens is 356 g/mol. The van der Waals surface area contributed by atoms with Crippen molar-refractivity contribution in [2.75, 3.05) is 11.9 Å². The summed E-state index contributed by atoms with van der Waals surface area (Å²) < 4.78 is 5.67. The van der Waals surface area contributed by atoms with Crippen molar-refractivity contribution in [3.63, 3.8) is 0 Å². The number of benzene rings is 3. The first-order valence-corrected chi connectivity index (χ1v) is 8.98. The number of anilines is 1. The molecule has 3 aromatic carbocycles. The molecule has 0 saturated heterocycles. The lowest BCUT2D eigenvalue weighted by Gasteiger charge is -2.14. The van der Waals surface area contributed by atoms with E-state index in [1.807, 2.05) is 38.1 Å². The second-order valence-corrected chi connectivity index (χ2v) is 6.71. The topological polar surface area (TPSA) is 87.7 Å². The van der Waals surface area contributed by atoms with Gasteiger partial charge in [0.05, 0.1) is 5.56 Å². The summed E-state index contributed by atoms with van der Waals surface area (Å²) in [5, 5.41) is 16.9. The summed E-state index contributed by atoms with van der Waals surface area (Å²) in [5.41, 5.74) is 0.765. The predicted molar refractivity (Wildman–Crippen MR) is 109 cm³/mol. The van der Waals surface area contributed by atoms with Gasteiger partial charge in [-0.05, 0) is 48.9 Å². The SMILES string of the molecule is CC(C)NC(=O)COc1cc2ccccc2cc1C(=O)Nc1cccc(O)c1. The number of fused-ring (bicyclic) bond motifs is 1. The molecule has 0 fully saturated rings. The van der Waals surface area contributed by atoms with Crippen molar-refractivity contribution in [2.45, 2.75) is 19.9 Å². The van der Waals surface area contributed by atoms with Crippen molar-refractivity contribution < 1.29 is 19.4 Å². The van der Waals surface area contributed by atoms with E-state index in [0.29, 0.717) is 17.0 Å². The van der Waals surface area contributed by atoms with Gasteiger partial charge in [0.15, 0.2) is 6.61 Å². The zero-order chi connectivity index (χ0) is 20.1. The fourth-order valence-electron chi connectivity index (χ4n) is 2.81. The van der Waals surface area contributed by atoms with Crippen LogP contribution < -0.4 is 15.4 Å². The summed E-state index contributed by atoms with van der Waals surface area (Å²) in [7, 11) is 0. The zero-order valence-electron chi connectivity index (χ0n) is 15.7. The van der Waals surface area contributed by atoms with Crippen LogP contribution in [0.5, 0.6) is 11.5 Å². The average Bonchev–Trinajstić information content (AvgIpc) is 2.65. The van der Waals surface area contributed by atoms with E-state index in [-0.39, 0.29) is 24.3 Å². The first kappa shape index (κ1) is 19.2. The van der Waals surface area contributed by atoms with Gasteiger partial charge in [0.1, 0.15) is 11.5 Å². The molecule has 3 aromatic rings. The Morgan fingerprint density at radius 1 is 1.00 bits per heavy atom. The molecule has 0 radical (unpaired) electrons. The molecular formula is C22H22N2O4. The monoisotopic (exact) mass is 378 g/mol. The lowest BCUT2D eigenvalue weighted by Crippen LogP contribution is -2.34. The van der Waals surface area contributed by atoms with Crippen molar-refractivity contribution in [3.8, 4) is 11.5 Å². The van der Waals surface area contributed by atoms with Crippen LogP contribution in [-0.2, 0) is 4.79 Å². The van der Waals surface area contributed by atoms with Gasteiger partial charge in [-0.1, -0.05) is 30.3 Å². The molecule has 0 unspecified atom stereocenters. The van der Waals surface area contributed by atoms with Crippen LogP contribution in [0.15, 0.2) is 60.7 Å².